The zero-order chi connectivity index (χ0) is 9.42. The number of aromatic amines is 1. The van der Waals surface area contributed by atoms with Gasteiger partial charge in [-0.15, -0.1) is 11.3 Å². The number of aryl methyl sites for hydroxylation is 1. The van der Waals surface area contributed by atoms with E-state index in [1.165, 1.54) is 4.88 Å². The molecule has 2 rings (SSSR count). The topological polar surface area (TPSA) is 54.7 Å². The largest absolute Gasteiger partial charge is 0.369 e. The summed E-state index contributed by atoms with van der Waals surface area (Å²) < 4.78 is 1.13. The van der Waals surface area contributed by atoms with E-state index in [1.54, 1.807) is 17.5 Å². The maximum atomic E-state index is 5.49. The van der Waals surface area contributed by atoms with E-state index in [0.29, 0.717) is 5.95 Å². The van der Waals surface area contributed by atoms with Gasteiger partial charge in [-0.3, -0.25) is 0 Å². The van der Waals surface area contributed by atoms with Crippen molar-refractivity contribution in [2.75, 3.05) is 5.73 Å². The highest BCUT2D eigenvalue weighted by Gasteiger charge is 2.06. The Labute approximate surface area is 88.1 Å². The van der Waals surface area contributed by atoms with Crippen molar-refractivity contribution in [1.82, 2.24) is 9.97 Å². The maximum absolute atomic E-state index is 5.49. The molecule has 13 heavy (non-hydrogen) atoms. The van der Waals surface area contributed by atoms with Crippen LogP contribution in [0.15, 0.2) is 16.7 Å². The van der Waals surface area contributed by atoms with Crippen molar-refractivity contribution >= 4 is 33.2 Å². The molecular formula is C8H8BrN3S. The van der Waals surface area contributed by atoms with Gasteiger partial charge >= 0.3 is 0 Å². The van der Waals surface area contributed by atoms with E-state index >= 15 is 0 Å². The van der Waals surface area contributed by atoms with Crippen molar-refractivity contribution in [3.05, 3.63) is 21.6 Å². The van der Waals surface area contributed by atoms with Crippen LogP contribution in [-0.2, 0) is 0 Å². The first-order valence-corrected chi connectivity index (χ1v) is 5.34. The molecule has 0 saturated carbocycles. The molecule has 0 spiro atoms. The number of nitrogens with two attached hydrogens (primary N) is 1. The Morgan fingerprint density at radius 3 is 2.85 bits per heavy atom. The maximum Gasteiger partial charge on any atom is 0.197 e. The number of nitrogens with one attached hydrogen (secondary N) is 1. The Balaban J connectivity index is 2.46. The van der Waals surface area contributed by atoms with Gasteiger partial charge in [0.05, 0.1) is 16.8 Å². The number of hydrogen-bond donors (Lipinski definition) is 2. The Morgan fingerprint density at radius 2 is 2.38 bits per heavy atom. The van der Waals surface area contributed by atoms with Gasteiger partial charge in [-0.05, 0) is 28.9 Å². The van der Waals surface area contributed by atoms with Crippen LogP contribution in [0.25, 0.3) is 10.6 Å². The van der Waals surface area contributed by atoms with Gasteiger partial charge < -0.3 is 10.7 Å². The van der Waals surface area contributed by atoms with Crippen molar-refractivity contribution in [2.24, 2.45) is 0 Å². The molecule has 2 heterocycles. The number of aromatic nitrogens is 2. The summed E-state index contributed by atoms with van der Waals surface area (Å²) in [7, 11) is 0. The Hall–Kier alpha value is -0.810. The Morgan fingerprint density at radius 1 is 1.62 bits per heavy atom. The number of halogens is 1. The summed E-state index contributed by atoms with van der Waals surface area (Å²) in [5.74, 6) is 0.456. The minimum absolute atomic E-state index is 0.456. The average molecular weight is 258 g/mol. The van der Waals surface area contributed by atoms with Gasteiger partial charge in [-0.1, -0.05) is 0 Å². The fourth-order valence-electron chi connectivity index (χ4n) is 1.05. The monoisotopic (exact) mass is 257 g/mol. The predicted molar refractivity (Wildman–Crippen MR) is 58.8 cm³/mol. The van der Waals surface area contributed by atoms with Crippen molar-refractivity contribution in [1.29, 1.82) is 0 Å². The first-order chi connectivity index (χ1) is 6.16. The van der Waals surface area contributed by atoms with Crippen LogP contribution in [0, 0.1) is 6.92 Å². The lowest BCUT2D eigenvalue weighted by atomic mass is 10.4. The third-order valence-corrected chi connectivity index (χ3v) is 3.89. The number of nitrogens with zero attached hydrogens (tertiary/aromatic N) is 1. The standard InChI is InChI=1S/C8H8BrN3S/c1-4-5(9)2-7(13-4)6-3-11-8(10)12-6/h2-3H,1H3,(H3,10,11,12). The molecule has 0 unspecified atom stereocenters. The van der Waals surface area contributed by atoms with Gasteiger partial charge in [0.1, 0.15) is 0 Å². The number of hydrogen-bond acceptors (Lipinski definition) is 3. The van der Waals surface area contributed by atoms with Gasteiger partial charge in [-0.2, -0.15) is 0 Å². The summed E-state index contributed by atoms with van der Waals surface area (Å²) >= 11 is 5.17. The molecule has 0 aliphatic rings. The zero-order valence-electron chi connectivity index (χ0n) is 6.97. The third-order valence-electron chi connectivity index (χ3n) is 1.72. The molecule has 0 aliphatic heterocycles. The lowest BCUT2D eigenvalue weighted by Crippen LogP contribution is -1.84. The van der Waals surface area contributed by atoms with Crippen LogP contribution in [0.5, 0.6) is 0 Å². The van der Waals surface area contributed by atoms with Crippen molar-refractivity contribution in [3.63, 3.8) is 0 Å². The fourth-order valence-corrected chi connectivity index (χ4v) is 2.55. The SMILES string of the molecule is Cc1sc(-c2cnc(N)[nH]2)cc1Br. The molecule has 0 atom stereocenters. The highest BCUT2D eigenvalue weighted by Crippen LogP contribution is 2.33. The smallest absolute Gasteiger partial charge is 0.197 e. The van der Waals surface area contributed by atoms with Crippen LogP contribution in [0.4, 0.5) is 5.95 Å². The summed E-state index contributed by atoms with van der Waals surface area (Å²) in [6, 6.07) is 2.06. The summed E-state index contributed by atoms with van der Waals surface area (Å²) in [4.78, 5) is 9.33. The van der Waals surface area contributed by atoms with Crippen molar-refractivity contribution in [2.45, 2.75) is 6.92 Å². The van der Waals surface area contributed by atoms with E-state index in [-0.39, 0.29) is 0 Å². The van der Waals surface area contributed by atoms with Crippen LogP contribution < -0.4 is 5.73 Å². The molecule has 0 saturated heterocycles. The molecule has 0 aromatic carbocycles. The molecule has 0 bridgehead atoms. The molecule has 0 amide bonds. The van der Waals surface area contributed by atoms with E-state index in [9.17, 15) is 0 Å². The number of thiophene rings is 1. The molecule has 68 valence electrons. The molecule has 5 heteroatoms. The lowest BCUT2D eigenvalue weighted by Gasteiger charge is -1.87. The minimum atomic E-state index is 0.456. The van der Waals surface area contributed by atoms with Crippen LogP contribution in [0.2, 0.25) is 0 Å². The van der Waals surface area contributed by atoms with Gasteiger partial charge in [0.15, 0.2) is 5.95 Å². The van der Waals surface area contributed by atoms with E-state index in [2.05, 4.69) is 38.9 Å². The summed E-state index contributed by atoms with van der Waals surface area (Å²) in [6.45, 7) is 2.07. The van der Waals surface area contributed by atoms with E-state index in [4.69, 9.17) is 5.73 Å². The van der Waals surface area contributed by atoms with Crippen LogP contribution in [0.1, 0.15) is 4.88 Å². The minimum Gasteiger partial charge on any atom is -0.369 e. The van der Waals surface area contributed by atoms with Gasteiger partial charge in [-0.25, -0.2) is 4.98 Å². The summed E-state index contributed by atoms with van der Waals surface area (Å²) in [5.41, 5.74) is 6.46. The second-order valence-corrected chi connectivity index (χ2v) is 4.81. The Kier molecular flexibility index (Phi) is 2.13. The Bertz CT molecular complexity index is 413. The fraction of sp³-hybridized carbons (Fsp3) is 0.125. The van der Waals surface area contributed by atoms with E-state index < -0.39 is 0 Å². The molecular weight excluding hydrogens is 250 g/mol. The summed E-state index contributed by atoms with van der Waals surface area (Å²) in [6.07, 6.45) is 1.74. The van der Waals surface area contributed by atoms with Crippen LogP contribution >= 0.6 is 27.3 Å². The van der Waals surface area contributed by atoms with Crippen LogP contribution in [0.3, 0.4) is 0 Å². The van der Waals surface area contributed by atoms with Crippen molar-refractivity contribution < 1.29 is 0 Å². The predicted octanol–water partition coefficient (Wildman–Crippen LogP) is 2.79. The molecule has 2 aromatic rings. The quantitative estimate of drug-likeness (QED) is 0.826. The molecule has 0 aliphatic carbocycles. The first kappa shape index (κ1) is 8.77. The molecule has 0 fully saturated rings. The highest BCUT2D eigenvalue weighted by atomic mass is 79.9. The molecule has 3 N–H and O–H groups in total. The first-order valence-electron chi connectivity index (χ1n) is 3.73. The molecule has 2 aromatic heterocycles. The third kappa shape index (κ3) is 1.62. The zero-order valence-corrected chi connectivity index (χ0v) is 9.37. The van der Waals surface area contributed by atoms with Gasteiger partial charge in [0.2, 0.25) is 0 Å². The number of anilines is 1. The number of rotatable bonds is 1. The number of imidazole rings is 1. The normalized spacial score (nSPS) is 10.6. The number of nitrogen functional groups attached to an aromatic ring is 1. The van der Waals surface area contributed by atoms with Crippen LogP contribution in [-0.4, -0.2) is 9.97 Å². The average Bonchev–Trinajstić information content (AvgIpc) is 2.61. The van der Waals surface area contributed by atoms with Gasteiger partial charge in [0, 0.05) is 9.35 Å². The second kappa shape index (κ2) is 3.16. The number of H-pyrrole nitrogens is 1. The lowest BCUT2D eigenvalue weighted by molar-refractivity contribution is 1.33. The summed E-state index contributed by atoms with van der Waals surface area (Å²) in [5, 5.41) is 0. The van der Waals surface area contributed by atoms with Crippen molar-refractivity contribution in [3.8, 4) is 10.6 Å². The molecule has 3 nitrogen and oxygen atoms in total. The molecule has 0 radical (unpaired) electrons. The van der Waals surface area contributed by atoms with E-state index in [0.717, 1.165) is 15.0 Å². The van der Waals surface area contributed by atoms with E-state index in [1.807, 2.05) is 0 Å². The highest BCUT2D eigenvalue weighted by molar-refractivity contribution is 9.10. The van der Waals surface area contributed by atoms with Gasteiger partial charge in [0.25, 0.3) is 0 Å². The second-order valence-electron chi connectivity index (χ2n) is 2.70.